The fourth-order valence-corrected chi connectivity index (χ4v) is 9.49. The summed E-state index contributed by atoms with van der Waals surface area (Å²) in [5.41, 5.74) is 2.67. The summed E-state index contributed by atoms with van der Waals surface area (Å²) < 4.78 is 27.2. The van der Waals surface area contributed by atoms with E-state index in [1.807, 2.05) is 29.3 Å². The summed E-state index contributed by atoms with van der Waals surface area (Å²) >= 11 is 0. The van der Waals surface area contributed by atoms with Crippen LogP contribution in [0.4, 0.5) is 27.7 Å². The highest BCUT2D eigenvalue weighted by Gasteiger charge is 2.56. The number of rotatable bonds is 5. The molecule has 4 saturated carbocycles. The van der Waals surface area contributed by atoms with Crippen LogP contribution in [0.1, 0.15) is 32.1 Å². The van der Waals surface area contributed by atoms with Crippen LogP contribution in [0.3, 0.4) is 0 Å². The number of piperazine rings is 1. The van der Waals surface area contributed by atoms with E-state index in [1.165, 1.54) is 6.26 Å². The molecule has 4 aliphatic carbocycles. The van der Waals surface area contributed by atoms with Crippen LogP contribution in [-0.4, -0.2) is 76.5 Å². The second kappa shape index (κ2) is 9.88. The number of benzene rings is 1. The number of nitrogens with zero attached hydrogens (tertiary/aromatic N) is 4. The van der Waals surface area contributed by atoms with Crippen LogP contribution in [0.25, 0.3) is 0 Å². The lowest BCUT2D eigenvalue weighted by Gasteiger charge is -2.60. The number of anilines is 4. The number of para-hydroxylation sites is 2. The number of nitrogens with one attached hydrogen (secondary N) is 3. The van der Waals surface area contributed by atoms with Gasteiger partial charge in [0.05, 0.1) is 29.5 Å². The summed E-state index contributed by atoms with van der Waals surface area (Å²) in [5, 5.41) is 6.81. The van der Waals surface area contributed by atoms with E-state index in [9.17, 15) is 13.2 Å². The lowest BCUT2D eigenvalue weighted by atomic mass is 9.51. The molecular weight excluding hydrogens is 526 g/mol. The predicted octanol–water partition coefficient (Wildman–Crippen LogP) is 2.66. The molecule has 11 heteroatoms. The van der Waals surface area contributed by atoms with Crippen molar-refractivity contribution in [1.82, 2.24) is 20.3 Å². The maximum absolute atomic E-state index is 13.8. The molecule has 1 saturated heterocycles. The number of carbonyl (C=O) groups is 1. The highest BCUT2D eigenvalue weighted by molar-refractivity contribution is 7.88. The van der Waals surface area contributed by atoms with E-state index >= 15 is 0 Å². The van der Waals surface area contributed by atoms with E-state index < -0.39 is 10.0 Å². The minimum absolute atomic E-state index is 0.0586. The first kappa shape index (κ1) is 26.0. The standard InChI is InChI=1S/C29H39N7O3S/c1-40(38,39)33-29-16-20-14-21(17-29)27(22(15-20)18-29)32-28(37)36-13-12-35(24-4-2-3-5-25(24)36)26-7-6-23(19-31-26)34-10-8-30-9-11-34/h2-7,19-22,27,30,33H,8-18H2,1H3,(H,32,37)/t20?,21?,22?,27-,29+. The van der Waals surface area contributed by atoms with Gasteiger partial charge >= 0.3 is 6.03 Å². The lowest BCUT2D eigenvalue weighted by molar-refractivity contribution is -0.0329. The number of aromatic nitrogens is 1. The fourth-order valence-electron chi connectivity index (χ4n) is 8.46. The molecular formula is C29H39N7O3S. The summed E-state index contributed by atoms with van der Waals surface area (Å²) in [6.07, 6.45) is 7.88. The second-order valence-electron chi connectivity index (χ2n) is 12.5. The van der Waals surface area contributed by atoms with Crippen LogP contribution in [0, 0.1) is 17.8 Å². The maximum atomic E-state index is 13.8. The maximum Gasteiger partial charge on any atom is 0.322 e. The fraction of sp³-hybridized carbons (Fsp3) is 0.586. The van der Waals surface area contributed by atoms with E-state index in [-0.39, 0.29) is 17.6 Å². The molecule has 1 aromatic heterocycles. The van der Waals surface area contributed by atoms with Gasteiger partial charge in [-0.2, -0.15) is 0 Å². The summed E-state index contributed by atoms with van der Waals surface area (Å²) in [6.45, 7) is 5.16. The molecule has 40 heavy (non-hydrogen) atoms. The number of carbonyl (C=O) groups excluding carboxylic acids is 1. The first-order valence-corrected chi connectivity index (χ1v) is 16.5. The third-order valence-corrected chi connectivity index (χ3v) is 10.5. The van der Waals surface area contributed by atoms with Gasteiger partial charge in [0.15, 0.2) is 0 Å². The number of fused-ring (bicyclic) bond motifs is 1. The number of sulfonamides is 1. The van der Waals surface area contributed by atoms with Crippen molar-refractivity contribution in [2.24, 2.45) is 17.8 Å². The van der Waals surface area contributed by atoms with E-state index in [1.54, 1.807) is 0 Å². The van der Waals surface area contributed by atoms with Crippen molar-refractivity contribution in [3.8, 4) is 0 Å². The summed E-state index contributed by atoms with van der Waals surface area (Å²) in [5.74, 6) is 2.03. The Morgan fingerprint density at radius 2 is 1.70 bits per heavy atom. The van der Waals surface area contributed by atoms with Gasteiger partial charge in [-0.05, 0) is 74.1 Å². The molecule has 5 fully saturated rings. The molecule has 2 amide bonds. The van der Waals surface area contributed by atoms with Crippen LogP contribution in [0.15, 0.2) is 42.6 Å². The van der Waals surface area contributed by atoms with Crippen molar-refractivity contribution >= 4 is 38.9 Å². The molecule has 0 radical (unpaired) electrons. The molecule has 6 aliphatic rings. The van der Waals surface area contributed by atoms with Gasteiger partial charge in [0.1, 0.15) is 5.82 Å². The normalized spacial score (nSPS) is 31.3. The Bertz CT molecular complexity index is 1360. The Labute approximate surface area is 236 Å². The van der Waals surface area contributed by atoms with Gasteiger partial charge in [-0.15, -0.1) is 0 Å². The van der Waals surface area contributed by atoms with Crippen molar-refractivity contribution in [1.29, 1.82) is 0 Å². The molecule has 3 N–H and O–H groups in total. The highest BCUT2D eigenvalue weighted by Crippen LogP contribution is 2.56. The minimum Gasteiger partial charge on any atom is -0.368 e. The van der Waals surface area contributed by atoms with Crippen molar-refractivity contribution in [3.05, 3.63) is 42.6 Å². The highest BCUT2D eigenvalue weighted by atomic mass is 32.2. The molecule has 214 valence electrons. The zero-order chi connectivity index (χ0) is 27.5. The predicted molar refractivity (Wildman–Crippen MR) is 157 cm³/mol. The van der Waals surface area contributed by atoms with Crippen LogP contribution >= 0.6 is 0 Å². The Hall–Kier alpha value is -2.89. The number of hydrogen-bond donors (Lipinski definition) is 3. The molecule has 2 aromatic rings. The van der Waals surface area contributed by atoms with Crippen LogP contribution in [0.2, 0.25) is 0 Å². The van der Waals surface area contributed by atoms with E-state index in [4.69, 9.17) is 4.98 Å². The van der Waals surface area contributed by atoms with Gasteiger partial charge in [-0.25, -0.2) is 22.9 Å². The van der Waals surface area contributed by atoms with Crippen molar-refractivity contribution in [3.63, 3.8) is 0 Å². The monoisotopic (exact) mass is 565 g/mol. The average molecular weight is 566 g/mol. The van der Waals surface area contributed by atoms with Gasteiger partial charge in [-0.3, -0.25) is 4.90 Å². The van der Waals surface area contributed by atoms with Crippen molar-refractivity contribution in [2.75, 3.05) is 60.2 Å². The first-order chi connectivity index (χ1) is 19.3. The molecule has 1 aromatic carbocycles. The molecule has 10 nitrogen and oxygen atoms in total. The SMILES string of the molecule is CS(=O)(=O)N[C@]12CC3CC(C1)[C@H](NC(=O)N1CCN(c4ccc(N5CCNCC5)cn4)c4ccccc41)C(C3)C2. The summed E-state index contributed by atoms with van der Waals surface area (Å²) in [6, 6.07) is 12.3. The minimum atomic E-state index is -3.27. The lowest BCUT2D eigenvalue weighted by Crippen LogP contribution is -2.67. The summed E-state index contributed by atoms with van der Waals surface area (Å²) in [4.78, 5) is 25.0. The smallest absolute Gasteiger partial charge is 0.322 e. The molecule has 0 spiro atoms. The molecule has 3 heterocycles. The van der Waals surface area contributed by atoms with E-state index in [0.717, 1.165) is 81.2 Å². The van der Waals surface area contributed by atoms with Gasteiger partial charge in [0.2, 0.25) is 10.0 Å². The summed E-state index contributed by atoms with van der Waals surface area (Å²) in [7, 11) is -3.27. The third-order valence-electron chi connectivity index (χ3n) is 9.71. The molecule has 4 bridgehead atoms. The molecule has 2 unspecified atom stereocenters. The Morgan fingerprint density at radius 1 is 0.975 bits per heavy atom. The van der Waals surface area contributed by atoms with Crippen molar-refractivity contribution in [2.45, 2.75) is 43.7 Å². The second-order valence-corrected chi connectivity index (χ2v) is 14.3. The van der Waals surface area contributed by atoms with Crippen LogP contribution in [-0.2, 0) is 10.0 Å². The third kappa shape index (κ3) is 4.81. The Balaban J connectivity index is 1.07. The van der Waals surface area contributed by atoms with Crippen molar-refractivity contribution < 1.29 is 13.2 Å². The van der Waals surface area contributed by atoms with E-state index in [2.05, 4.69) is 43.4 Å². The zero-order valence-electron chi connectivity index (χ0n) is 23.1. The first-order valence-electron chi connectivity index (χ1n) is 14.6. The van der Waals surface area contributed by atoms with E-state index in [0.29, 0.717) is 30.8 Å². The van der Waals surface area contributed by atoms with Gasteiger partial charge in [0, 0.05) is 50.8 Å². The van der Waals surface area contributed by atoms with Gasteiger partial charge in [0.25, 0.3) is 0 Å². The quantitative estimate of drug-likeness (QED) is 0.511. The number of hydrogen-bond acceptors (Lipinski definition) is 7. The number of urea groups is 1. The Morgan fingerprint density at radius 3 is 2.38 bits per heavy atom. The van der Waals surface area contributed by atoms with Crippen LogP contribution in [0.5, 0.6) is 0 Å². The molecule has 2 aliphatic heterocycles. The Kier molecular flexibility index (Phi) is 6.43. The van der Waals surface area contributed by atoms with Gasteiger partial charge < -0.3 is 20.4 Å². The van der Waals surface area contributed by atoms with Gasteiger partial charge in [-0.1, -0.05) is 12.1 Å². The average Bonchev–Trinajstić information content (AvgIpc) is 2.93. The zero-order valence-corrected chi connectivity index (χ0v) is 23.9. The van der Waals surface area contributed by atoms with Crippen LogP contribution < -0.4 is 30.1 Å². The number of amides is 2. The topological polar surface area (TPSA) is 110 Å². The largest absolute Gasteiger partial charge is 0.368 e. The number of pyridine rings is 1. The molecule has 2 atom stereocenters. The molecule has 8 rings (SSSR count).